The third-order valence-electron chi connectivity index (χ3n) is 3.72. The summed E-state index contributed by atoms with van der Waals surface area (Å²) in [4.78, 5) is 8.09. The van der Waals surface area contributed by atoms with Gasteiger partial charge in [-0.2, -0.15) is 4.98 Å². The lowest BCUT2D eigenvalue weighted by atomic mass is 10.2. The van der Waals surface area contributed by atoms with Crippen molar-refractivity contribution in [2.24, 2.45) is 0 Å². The molecule has 0 saturated carbocycles. The molecule has 0 saturated heterocycles. The number of methoxy groups -OCH3 is 1. The van der Waals surface area contributed by atoms with Gasteiger partial charge < -0.3 is 15.4 Å². The van der Waals surface area contributed by atoms with E-state index >= 15 is 0 Å². The zero-order valence-corrected chi connectivity index (χ0v) is 18.5. The summed E-state index contributed by atoms with van der Waals surface area (Å²) in [7, 11) is -2.14. The molecule has 3 rings (SSSR count). The molecule has 0 aliphatic carbocycles. The van der Waals surface area contributed by atoms with E-state index in [4.69, 9.17) is 16.3 Å². The van der Waals surface area contributed by atoms with Gasteiger partial charge in [0.1, 0.15) is 10.8 Å². The molecule has 0 unspecified atom stereocenters. The first-order valence-corrected chi connectivity index (χ1v) is 10.6. The number of halogens is 4. The van der Waals surface area contributed by atoms with Crippen LogP contribution in [-0.4, -0.2) is 31.8 Å². The molecule has 1 aromatic heterocycles. The van der Waals surface area contributed by atoms with Crippen LogP contribution in [0.1, 0.15) is 0 Å². The number of ether oxygens (including phenoxy) is 1. The number of nitrogens with zero attached hydrogens (tertiary/aromatic N) is 2. The summed E-state index contributed by atoms with van der Waals surface area (Å²) in [6, 6.07) is 8.27. The zero-order valence-electron chi connectivity index (χ0n) is 16.1. The second-order valence-electron chi connectivity index (χ2n) is 6.03. The Bertz CT molecular complexity index is 1200. The topological polar surface area (TPSA) is 105 Å². The van der Waals surface area contributed by atoms with Gasteiger partial charge in [0.2, 0.25) is 16.0 Å². The van der Waals surface area contributed by atoms with Crippen LogP contribution in [-0.2, 0) is 10.0 Å². The highest BCUT2D eigenvalue weighted by molar-refractivity contribution is 7.92. The monoisotopic (exact) mass is 491 g/mol. The van der Waals surface area contributed by atoms with Crippen LogP contribution in [0.5, 0.6) is 5.75 Å². The second-order valence-corrected chi connectivity index (χ2v) is 8.18. The van der Waals surface area contributed by atoms with Gasteiger partial charge in [0, 0.05) is 6.07 Å². The van der Waals surface area contributed by atoms with Crippen LogP contribution in [0.2, 0.25) is 5.02 Å². The van der Waals surface area contributed by atoms with E-state index in [9.17, 15) is 17.2 Å². The first-order valence-electron chi connectivity index (χ1n) is 8.32. The lowest BCUT2D eigenvalue weighted by Gasteiger charge is -2.15. The molecule has 0 amide bonds. The van der Waals surface area contributed by atoms with Crippen LogP contribution in [0.25, 0.3) is 0 Å². The molecule has 0 aliphatic rings. The number of benzene rings is 2. The van der Waals surface area contributed by atoms with Crippen molar-refractivity contribution in [1.82, 2.24) is 9.97 Å². The summed E-state index contributed by atoms with van der Waals surface area (Å²) >= 11 is 6.14. The number of hydrogen-bond acceptors (Lipinski definition) is 7. The molecule has 0 aliphatic heterocycles. The summed E-state index contributed by atoms with van der Waals surface area (Å²) in [6.45, 7) is 0. The molecule has 166 valence electrons. The van der Waals surface area contributed by atoms with E-state index in [2.05, 4.69) is 25.3 Å². The molecule has 2 aromatic carbocycles. The Hall–Kier alpha value is -2.89. The molecule has 3 N–H and O–H groups in total. The normalized spacial score (nSPS) is 10.7. The van der Waals surface area contributed by atoms with Crippen LogP contribution < -0.4 is 20.1 Å². The SMILES string of the molecule is COc1ccc(Nc2nc(Nc3cccc(F)c3F)ncc2Cl)c(NS(C)(=O)=O)c1.Cl. The summed E-state index contributed by atoms with van der Waals surface area (Å²) in [5, 5.41) is 5.58. The Morgan fingerprint density at radius 3 is 2.48 bits per heavy atom. The number of aromatic nitrogens is 2. The van der Waals surface area contributed by atoms with E-state index < -0.39 is 21.7 Å². The summed E-state index contributed by atoms with van der Waals surface area (Å²) < 4.78 is 58.1. The summed E-state index contributed by atoms with van der Waals surface area (Å²) in [6.07, 6.45) is 2.26. The largest absolute Gasteiger partial charge is 0.497 e. The fourth-order valence-electron chi connectivity index (χ4n) is 2.41. The van der Waals surface area contributed by atoms with Gasteiger partial charge in [-0.05, 0) is 24.3 Å². The molecule has 1 heterocycles. The van der Waals surface area contributed by atoms with Crippen molar-refractivity contribution in [3.8, 4) is 5.75 Å². The maximum atomic E-state index is 13.9. The summed E-state index contributed by atoms with van der Waals surface area (Å²) in [5.41, 5.74) is 0.356. The Morgan fingerprint density at radius 1 is 1.06 bits per heavy atom. The van der Waals surface area contributed by atoms with Crippen LogP contribution in [0.15, 0.2) is 42.6 Å². The van der Waals surface area contributed by atoms with Crippen LogP contribution in [0.4, 0.5) is 37.6 Å². The number of anilines is 5. The standard InChI is InChI=1S/C18H16ClF2N5O3S.ClH/c1-29-10-6-7-13(15(8-10)26-30(2,27)28)23-17-11(19)9-22-18(25-17)24-14-5-3-4-12(20)16(14)21;/h3-9,26H,1-2H3,(H2,22,23,24,25);1H. The van der Waals surface area contributed by atoms with Gasteiger partial charge in [-0.15, -0.1) is 12.4 Å². The zero-order chi connectivity index (χ0) is 21.9. The predicted octanol–water partition coefficient (Wildman–Crippen LogP) is 4.70. The minimum Gasteiger partial charge on any atom is -0.497 e. The van der Waals surface area contributed by atoms with Crippen molar-refractivity contribution >= 4 is 62.9 Å². The minimum absolute atomic E-state index is 0. The number of sulfonamides is 1. The smallest absolute Gasteiger partial charge is 0.229 e. The van der Waals surface area contributed by atoms with Crippen LogP contribution in [0.3, 0.4) is 0 Å². The van der Waals surface area contributed by atoms with Crippen molar-refractivity contribution < 1.29 is 21.9 Å². The van der Waals surface area contributed by atoms with E-state index in [0.717, 1.165) is 12.3 Å². The molecule has 8 nitrogen and oxygen atoms in total. The third-order valence-corrected chi connectivity index (χ3v) is 4.58. The highest BCUT2D eigenvalue weighted by Crippen LogP contribution is 2.32. The van der Waals surface area contributed by atoms with Gasteiger partial charge in [0.05, 0.1) is 36.6 Å². The Kier molecular flexibility index (Phi) is 7.82. The van der Waals surface area contributed by atoms with Crippen molar-refractivity contribution in [1.29, 1.82) is 0 Å². The lowest BCUT2D eigenvalue weighted by molar-refractivity contribution is 0.415. The van der Waals surface area contributed by atoms with E-state index in [1.54, 1.807) is 12.1 Å². The molecule has 0 spiro atoms. The van der Waals surface area contributed by atoms with E-state index in [-0.39, 0.29) is 40.6 Å². The van der Waals surface area contributed by atoms with Gasteiger partial charge in [-0.1, -0.05) is 17.7 Å². The molecular weight excluding hydrogens is 475 g/mol. The quantitative estimate of drug-likeness (QED) is 0.439. The van der Waals surface area contributed by atoms with Crippen LogP contribution in [0, 0.1) is 11.6 Å². The molecule has 31 heavy (non-hydrogen) atoms. The number of nitrogens with one attached hydrogen (secondary N) is 3. The maximum absolute atomic E-state index is 13.9. The Balaban J connectivity index is 0.00000341. The highest BCUT2D eigenvalue weighted by atomic mass is 35.5. The molecule has 0 radical (unpaired) electrons. The van der Waals surface area contributed by atoms with Gasteiger partial charge in [0.25, 0.3) is 0 Å². The van der Waals surface area contributed by atoms with E-state index in [1.165, 1.54) is 31.5 Å². The molecular formula is C18H17Cl2F2N5O3S. The fraction of sp³-hybridized carbons (Fsp3) is 0.111. The Labute approximate surface area is 188 Å². The first kappa shape index (κ1) is 24.4. The van der Waals surface area contributed by atoms with E-state index in [0.29, 0.717) is 11.4 Å². The molecule has 0 bridgehead atoms. The predicted molar refractivity (Wildman–Crippen MR) is 119 cm³/mol. The molecule has 0 fully saturated rings. The summed E-state index contributed by atoms with van der Waals surface area (Å²) in [5.74, 6) is -1.64. The average molecular weight is 492 g/mol. The number of hydrogen-bond donors (Lipinski definition) is 3. The van der Waals surface area contributed by atoms with Gasteiger partial charge >= 0.3 is 0 Å². The second kappa shape index (κ2) is 9.94. The fourth-order valence-corrected chi connectivity index (χ4v) is 3.11. The van der Waals surface area contributed by atoms with Crippen molar-refractivity contribution in [3.05, 3.63) is 59.3 Å². The Morgan fingerprint density at radius 2 is 1.81 bits per heavy atom. The average Bonchev–Trinajstić information content (AvgIpc) is 2.68. The van der Waals surface area contributed by atoms with Gasteiger partial charge in [-0.3, -0.25) is 4.72 Å². The van der Waals surface area contributed by atoms with Gasteiger partial charge in [-0.25, -0.2) is 22.2 Å². The minimum atomic E-state index is -3.59. The highest BCUT2D eigenvalue weighted by Gasteiger charge is 2.14. The first-order chi connectivity index (χ1) is 14.2. The van der Waals surface area contributed by atoms with Crippen molar-refractivity contribution in [2.75, 3.05) is 28.7 Å². The van der Waals surface area contributed by atoms with Gasteiger partial charge in [0.15, 0.2) is 17.5 Å². The van der Waals surface area contributed by atoms with Crippen molar-refractivity contribution in [2.45, 2.75) is 0 Å². The molecule has 13 heteroatoms. The maximum Gasteiger partial charge on any atom is 0.229 e. The lowest BCUT2D eigenvalue weighted by Crippen LogP contribution is -2.11. The van der Waals surface area contributed by atoms with E-state index in [1.807, 2.05) is 0 Å². The van der Waals surface area contributed by atoms with Crippen molar-refractivity contribution in [3.63, 3.8) is 0 Å². The number of rotatable bonds is 7. The third kappa shape index (κ3) is 6.29. The molecule has 3 aromatic rings. The van der Waals surface area contributed by atoms with Crippen LogP contribution >= 0.6 is 24.0 Å². The molecule has 0 atom stereocenters.